The van der Waals surface area contributed by atoms with Crippen molar-refractivity contribution in [3.05, 3.63) is 35.1 Å². The van der Waals surface area contributed by atoms with Crippen LogP contribution in [0.15, 0.2) is 12.1 Å². The summed E-state index contributed by atoms with van der Waals surface area (Å²) in [6.45, 7) is 3.71. The molecule has 0 aliphatic rings. The van der Waals surface area contributed by atoms with Crippen molar-refractivity contribution in [1.29, 1.82) is 0 Å². The lowest BCUT2D eigenvalue weighted by Crippen LogP contribution is -2.05. The molecule has 15 heavy (non-hydrogen) atoms. The third-order valence-corrected chi connectivity index (χ3v) is 2.65. The number of hydrogen-bond acceptors (Lipinski definition) is 0. The first-order chi connectivity index (χ1) is 6.93. The van der Waals surface area contributed by atoms with Gasteiger partial charge in [0.1, 0.15) is 0 Å². The SMILES string of the molecule is CC(Br)CC(C)c1ccc(F)c(F)c1F. The Hall–Kier alpha value is -0.510. The summed E-state index contributed by atoms with van der Waals surface area (Å²) in [6.07, 6.45) is 0.669. The molecule has 84 valence electrons. The Labute approximate surface area is 95.6 Å². The smallest absolute Gasteiger partial charge is 0.194 e. The van der Waals surface area contributed by atoms with E-state index in [0.29, 0.717) is 6.42 Å². The van der Waals surface area contributed by atoms with Crippen LogP contribution in [0.5, 0.6) is 0 Å². The molecule has 2 atom stereocenters. The summed E-state index contributed by atoms with van der Waals surface area (Å²) in [4.78, 5) is 0.208. The van der Waals surface area contributed by atoms with Crippen LogP contribution in [0.4, 0.5) is 13.2 Å². The average Bonchev–Trinajstić information content (AvgIpc) is 2.13. The van der Waals surface area contributed by atoms with Gasteiger partial charge in [0.25, 0.3) is 0 Å². The summed E-state index contributed by atoms with van der Waals surface area (Å²) < 4.78 is 38.9. The lowest BCUT2D eigenvalue weighted by Gasteiger charge is -2.14. The zero-order valence-electron chi connectivity index (χ0n) is 8.53. The topological polar surface area (TPSA) is 0 Å². The Balaban J connectivity index is 3.00. The minimum Gasteiger partial charge on any atom is -0.204 e. The fraction of sp³-hybridized carbons (Fsp3) is 0.455. The molecule has 0 aliphatic carbocycles. The summed E-state index contributed by atoms with van der Waals surface area (Å²) >= 11 is 3.34. The van der Waals surface area contributed by atoms with Crippen molar-refractivity contribution >= 4 is 15.9 Å². The highest BCUT2D eigenvalue weighted by molar-refractivity contribution is 9.09. The van der Waals surface area contributed by atoms with E-state index in [0.717, 1.165) is 6.07 Å². The van der Waals surface area contributed by atoms with E-state index >= 15 is 0 Å². The number of hydrogen-bond donors (Lipinski definition) is 0. The molecule has 0 aliphatic heterocycles. The van der Waals surface area contributed by atoms with Gasteiger partial charge in [0.15, 0.2) is 17.5 Å². The monoisotopic (exact) mass is 280 g/mol. The second-order valence-corrected chi connectivity index (χ2v) is 5.25. The molecule has 0 aromatic heterocycles. The minimum absolute atomic E-state index is 0.144. The van der Waals surface area contributed by atoms with Crippen LogP contribution in [-0.4, -0.2) is 4.83 Å². The zero-order valence-corrected chi connectivity index (χ0v) is 10.1. The number of halogens is 4. The predicted molar refractivity (Wildman–Crippen MR) is 57.7 cm³/mol. The van der Waals surface area contributed by atoms with E-state index in [1.54, 1.807) is 6.92 Å². The molecule has 0 fully saturated rings. The Kier molecular flexibility index (Phi) is 4.20. The molecule has 1 rings (SSSR count). The van der Waals surface area contributed by atoms with E-state index in [4.69, 9.17) is 0 Å². The highest BCUT2D eigenvalue weighted by Gasteiger charge is 2.18. The number of benzene rings is 1. The molecule has 0 saturated heterocycles. The first-order valence-corrected chi connectivity index (χ1v) is 5.62. The fourth-order valence-corrected chi connectivity index (χ4v) is 2.10. The highest BCUT2D eigenvalue weighted by Crippen LogP contribution is 2.27. The molecule has 1 aromatic rings. The van der Waals surface area contributed by atoms with E-state index in [-0.39, 0.29) is 16.3 Å². The van der Waals surface area contributed by atoms with Crippen LogP contribution in [0, 0.1) is 17.5 Å². The fourth-order valence-electron chi connectivity index (χ4n) is 1.54. The molecule has 0 bridgehead atoms. The van der Waals surface area contributed by atoms with Crippen LogP contribution >= 0.6 is 15.9 Å². The van der Waals surface area contributed by atoms with Crippen LogP contribution in [-0.2, 0) is 0 Å². The Morgan fingerprint density at radius 3 is 2.27 bits per heavy atom. The van der Waals surface area contributed by atoms with Gasteiger partial charge in [-0.2, -0.15) is 0 Å². The van der Waals surface area contributed by atoms with Gasteiger partial charge in [-0.1, -0.05) is 35.8 Å². The summed E-state index contributed by atoms with van der Waals surface area (Å²) in [5, 5.41) is 0. The number of rotatable bonds is 3. The molecule has 0 saturated carbocycles. The van der Waals surface area contributed by atoms with Gasteiger partial charge >= 0.3 is 0 Å². The maximum atomic E-state index is 13.3. The molecule has 2 unspecified atom stereocenters. The standard InChI is InChI=1S/C11H12BrF3/c1-6(5-7(2)12)8-3-4-9(13)11(15)10(8)14/h3-4,6-7H,5H2,1-2H3. The number of alkyl halides is 1. The average molecular weight is 281 g/mol. The molecular formula is C11H12BrF3. The Bertz CT molecular complexity index is 350. The van der Waals surface area contributed by atoms with Gasteiger partial charge in [0.05, 0.1) is 0 Å². The zero-order chi connectivity index (χ0) is 11.6. The van der Waals surface area contributed by atoms with Crippen molar-refractivity contribution in [3.8, 4) is 0 Å². The summed E-state index contributed by atoms with van der Waals surface area (Å²) in [7, 11) is 0. The van der Waals surface area contributed by atoms with Crippen LogP contribution in [0.3, 0.4) is 0 Å². The molecule has 0 radical (unpaired) electrons. The van der Waals surface area contributed by atoms with Crippen molar-refractivity contribution in [2.24, 2.45) is 0 Å². The van der Waals surface area contributed by atoms with Crippen LogP contribution < -0.4 is 0 Å². The van der Waals surface area contributed by atoms with E-state index < -0.39 is 17.5 Å². The minimum atomic E-state index is -1.39. The first-order valence-electron chi connectivity index (χ1n) is 4.71. The van der Waals surface area contributed by atoms with Gasteiger partial charge in [-0.15, -0.1) is 0 Å². The van der Waals surface area contributed by atoms with Crippen LogP contribution in [0.1, 0.15) is 31.7 Å². The second-order valence-electron chi connectivity index (χ2n) is 3.68. The molecule has 0 N–H and O–H groups in total. The highest BCUT2D eigenvalue weighted by atomic mass is 79.9. The van der Waals surface area contributed by atoms with E-state index in [1.807, 2.05) is 6.92 Å². The molecule has 0 nitrogen and oxygen atoms in total. The van der Waals surface area contributed by atoms with Gasteiger partial charge in [-0.25, -0.2) is 13.2 Å². The largest absolute Gasteiger partial charge is 0.204 e. The Morgan fingerprint density at radius 1 is 1.13 bits per heavy atom. The summed E-state index contributed by atoms with van der Waals surface area (Å²) in [5.74, 6) is -3.75. The molecule has 0 heterocycles. The third kappa shape index (κ3) is 2.97. The van der Waals surface area contributed by atoms with Gasteiger partial charge in [0, 0.05) is 4.83 Å². The molecule has 0 amide bonds. The second kappa shape index (κ2) is 5.01. The van der Waals surface area contributed by atoms with Gasteiger partial charge in [-0.05, 0) is 24.0 Å². The van der Waals surface area contributed by atoms with Gasteiger partial charge < -0.3 is 0 Å². The molecule has 4 heteroatoms. The molecule has 1 aromatic carbocycles. The van der Waals surface area contributed by atoms with Crippen molar-refractivity contribution in [2.75, 3.05) is 0 Å². The lowest BCUT2D eigenvalue weighted by atomic mass is 9.96. The normalized spacial score (nSPS) is 15.1. The van der Waals surface area contributed by atoms with Crippen molar-refractivity contribution in [2.45, 2.75) is 31.0 Å². The molecular weight excluding hydrogens is 269 g/mol. The van der Waals surface area contributed by atoms with E-state index in [2.05, 4.69) is 15.9 Å². The van der Waals surface area contributed by atoms with E-state index in [1.165, 1.54) is 6.07 Å². The Morgan fingerprint density at radius 2 is 1.73 bits per heavy atom. The predicted octanol–water partition coefficient (Wildman–Crippen LogP) is 4.38. The summed E-state index contributed by atoms with van der Waals surface area (Å²) in [6, 6.07) is 2.26. The van der Waals surface area contributed by atoms with Crippen molar-refractivity contribution < 1.29 is 13.2 Å². The maximum Gasteiger partial charge on any atom is 0.194 e. The van der Waals surface area contributed by atoms with Crippen LogP contribution in [0.25, 0.3) is 0 Å². The lowest BCUT2D eigenvalue weighted by molar-refractivity contribution is 0.435. The van der Waals surface area contributed by atoms with Gasteiger partial charge in [-0.3, -0.25) is 0 Å². The van der Waals surface area contributed by atoms with Gasteiger partial charge in [0.2, 0.25) is 0 Å². The molecule has 0 spiro atoms. The van der Waals surface area contributed by atoms with Crippen LogP contribution in [0.2, 0.25) is 0 Å². The third-order valence-electron chi connectivity index (χ3n) is 2.27. The summed E-state index contributed by atoms with van der Waals surface area (Å²) in [5.41, 5.74) is 0.222. The quantitative estimate of drug-likeness (QED) is 0.569. The first kappa shape index (κ1) is 12.6. The van der Waals surface area contributed by atoms with Crippen molar-refractivity contribution in [1.82, 2.24) is 0 Å². The maximum absolute atomic E-state index is 13.3. The van der Waals surface area contributed by atoms with Crippen molar-refractivity contribution in [3.63, 3.8) is 0 Å². The van der Waals surface area contributed by atoms with E-state index in [9.17, 15) is 13.2 Å².